The fourth-order valence-corrected chi connectivity index (χ4v) is 4.67. The predicted octanol–water partition coefficient (Wildman–Crippen LogP) is 5.08. The lowest BCUT2D eigenvalue weighted by Gasteiger charge is -2.30. The van der Waals surface area contributed by atoms with Crippen LogP contribution in [0.1, 0.15) is 34.1 Å². The molecule has 0 radical (unpaired) electrons. The molecule has 33 heavy (non-hydrogen) atoms. The summed E-state index contributed by atoms with van der Waals surface area (Å²) in [5, 5.41) is 2.57. The number of hydrogen-bond donors (Lipinski definition) is 0. The van der Waals surface area contributed by atoms with Crippen molar-refractivity contribution in [3.05, 3.63) is 80.8 Å². The van der Waals surface area contributed by atoms with Crippen molar-refractivity contribution in [3.63, 3.8) is 0 Å². The van der Waals surface area contributed by atoms with Crippen LogP contribution < -0.4 is 0 Å². The van der Waals surface area contributed by atoms with Crippen LogP contribution in [0.15, 0.2) is 54.6 Å². The van der Waals surface area contributed by atoms with Crippen LogP contribution in [0.5, 0.6) is 0 Å². The van der Waals surface area contributed by atoms with Crippen LogP contribution in [0, 0.1) is 17.8 Å². The number of Topliss-reactive ketones (excluding diaryl/α,β-unsaturated/α-hetero) is 1. The molecule has 2 aliphatic rings. The first-order chi connectivity index (χ1) is 15.7. The Hall–Kier alpha value is -2.67. The van der Waals surface area contributed by atoms with E-state index in [9.17, 15) is 19.2 Å². The number of hydrogen-bond acceptors (Lipinski definition) is 4. The molecule has 1 saturated heterocycles. The van der Waals surface area contributed by atoms with Crippen LogP contribution in [-0.2, 0) is 9.59 Å². The number of halogens is 3. The second-order valence-electron chi connectivity index (χ2n) is 8.07. The van der Waals surface area contributed by atoms with Gasteiger partial charge in [-0.3, -0.25) is 19.2 Å². The molecular weight excluding hydrogens is 487 g/mol. The molecule has 0 unspecified atom stereocenters. The molecule has 2 aromatic rings. The van der Waals surface area contributed by atoms with E-state index in [2.05, 4.69) is 0 Å². The Morgan fingerprint density at radius 3 is 2.27 bits per heavy atom. The molecule has 0 saturated carbocycles. The normalized spacial score (nSPS) is 21.8. The van der Waals surface area contributed by atoms with E-state index in [0.717, 1.165) is 10.0 Å². The van der Waals surface area contributed by atoms with E-state index in [1.165, 1.54) is 30.3 Å². The fourth-order valence-electron chi connectivity index (χ4n) is 4.24. The first kappa shape index (κ1) is 23.5. The van der Waals surface area contributed by atoms with E-state index >= 15 is 0 Å². The van der Waals surface area contributed by atoms with Crippen molar-refractivity contribution in [1.82, 2.24) is 10.0 Å². The molecule has 1 aliphatic carbocycles. The van der Waals surface area contributed by atoms with Gasteiger partial charge in [0.25, 0.3) is 17.7 Å². The van der Waals surface area contributed by atoms with Gasteiger partial charge in [-0.2, -0.15) is 5.01 Å². The average Bonchev–Trinajstić information content (AvgIpc) is 3.05. The summed E-state index contributed by atoms with van der Waals surface area (Å²) in [4.78, 5) is 53.1. The van der Waals surface area contributed by atoms with Crippen molar-refractivity contribution in [1.29, 1.82) is 0 Å². The number of allylic oxidation sites excluding steroid dienone is 2. The summed E-state index contributed by atoms with van der Waals surface area (Å²) in [5.74, 6) is -3.50. The van der Waals surface area contributed by atoms with Gasteiger partial charge in [0.1, 0.15) is 6.54 Å². The van der Waals surface area contributed by atoms with Gasteiger partial charge in [0, 0.05) is 16.1 Å². The first-order valence-corrected chi connectivity index (χ1v) is 11.4. The van der Waals surface area contributed by atoms with Crippen LogP contribution in [0.3, 0.4) is 0 Å². The molecule has 9 heteroatoms. The number of rotatable bonds is 5. The van der Waals surface area contributed by atoms with Crippen LogP contribution in [0.4, 0.5) is 0 Å². The summed E-state index contributed by atoms with van der Waals surface area (Å²) in [6.07, 6.45) is 4.15. The predicted molar refractivity (Wildman–Crippen MR) is 125 cm³/mol. The molecular formula is C24H19Cl3N2O4. The SMILES string of the molecule is C[C@@H]1C=CC[C@H]2C(=O)N(N(CC(=O)c3ccc(Cl)cc3)C(=O)c3ccc(Cl)c(Cl)c3)C(=O)[C@H]12. The molecule has 3 amide bonds. The number of ketones is 1. The summed E-state index contributed by atoms with van der Waals surface area (Å²) < 4.78 is 0. The zero-order valence-corrected chi connectivity index (χ0v) is 19.8. The number of carbonyl (C=O) groups is 4. The Morgan fingerprint density at radius 2 is 1.64 bits per heavy atom. The molecule has 0 aromatic heterocycles. The number of benzene rings is 2. The molecule has 0 spiro atoms. The van der Waals surface area contributed by atoms with E-state index < -0.39 is 41.9 Å². The van der Waals surface area contributed by atoms with Crippen molar-refractivity contribution in [2.45, 2.75) is 13.3 Å². The fraction of sp³-hybridized carbons (Fsp3) is 0.250. The van der Waals surface area contributed by atoms with Crippen molar-refractivity contribution in [3.8, 4) is 0 Å². The molecule has 3 atom stereocenters. The van der Waals surface area contributed by atoms with Crippen molar-refractivity contribution >= 4 is 58.3 Å². The lowest BCUT2D eigenvalue weighted by atomic mass is 9.78. The van der Waals surface area contributed by atoms with E-state index in [1.54, 1.807) is 12.1 Å². The maximum absolute atomic E-state index is 13.5. The highest BCUT2D eigenvalue weighted by Gasteiger charge is 2.53. The van der Waals surface area contributed by atoms with Gasteiger partial charge < -0.3 is 0 Å². The topological polar surface area (TPSA) is 74.8 Å². The smallest absolute Gasteiger partial charge is 0.273 e. The van der Waals surface area contributed by atoms with Gasteiger partial charge in [0.2, 0.25) is 0 Å². The Labute approximate surface area is 205 Å². The van der Waals surface area contributed by atoms with Gasteiger partial charge in [0.05, 0.1) is 21.9 Å². The minimum Gasteiger partial charge on any atom is -0.292 e. The summed E-state index contributed by atoms with van der Waals surface area (Å²) in [7, 11) is 0. The molecule has 1 heterocycles. The third-order valence-electron chi connectivity index (χ3n) is 5.95. The van der Waals surface area contributed by atoms with Gasteiger partial charge in [-0.1, -0.05) is 53.9 Å². The Kier molecular flexibility index (Phi) is 6.61. The molecule has 4 rings (SSSR count). The van der Waals surface area contributed by atoms with Gasteiger partial charge in [-0.15, -0.1) is 0 Å². The van der Waals surface area contributed by atoms with Crippen LogP contribution >= 0.6 is 34.8 Å². The minimum atomic E-state index is -0.711. The standard InChI is InChI=1S/C24H19Cl3N2O4/c1-13-3-2-4-17-21(13)24(33)29(23(17)32)28(12-20(30)14-5-8-16(25)9-6-14)22(31)15-7-10-18(26)19(27)11-15/h2-3,5-11,13,17,21H,4,12H2,1H3/t13-,17-,21-/m1/s1. The summed E-state index contributed by atoms with van der Waals surface area (Å²) in [6, 6.07) is 10.3. The zero-order chi connectivity index (χ0) is 23.9. The maximum atomic E-state index is 13.5. The Morgan fingerprint density at radius 1 is 0.970 bits per heavy atom. The average molecular weight is 506 g/mol. The molecule has 1 aliphatic heterocycles. The van der Waals surface area contributed by atoms with Gasteiger partial charge in [0.15, 0.2) is 5.78 Å². The van der Waals surface area contributed by atoms with E-state index in [-0.39, 0.29) is 27.1 Å². The maximum Gasteiger partial charge on any atom is 0.273 e. The van der Waals surface area contributed by atoms with E-state index in [1.807, 2.05) is 19.1 Å². The monoisotopic (exact) mass is 504 g/mol. The van der Waals surface area contributed by atoms with Crippen molar-refractivity contribution in [2.24, 2.45) is 17.8 Å². The summed E-state index contributed by atoms with van der Waals surface area (Å²) >= 11 is 17.9. The summed E-state index contributed by atoms with van der Waals surface area (Å²) in [5.41, 5.74) is 0.382. The first-order valence-electron chi connectivity index (χ1n) is 10.3. The van der Waals surface area contributed by atoms with Crippen LogP contribution in [0.25, 0.3) is 0 Å². The number of amides is 3. The largest absolute Gasteiger partial charge is 0.292 e. The number of carbonyl (C=O) groups excluding carboxylic acids is 4. The second kappa shape index (κ2) is 9.29. The molecule has 0 N–H and O–H groups in total. The molecule has 0 bridgehead atoms. The minimum absolute atomic E-state index is 0.0925. The second-order valence-corrected chi connectivity index (χ2v) is 9.32. The quantitative estimate of drug-likeness (QED) is 0.322. The summed E-state index contributed by atoms with van der Waals surface area (Å²) in [6.45, 7) is 1.34. The lowest BCUT2D eigenvalue weighted by Crippen LogP contribution is -2.52. The lowest BCUT2D eigenvalue weighted by molar-refractivity contribution is -0.154. The number of fused-ring (bicyclic) bond motifs is 1. The molecule has 1 fully saturated rings. The Balaban J connectivity index is 1.72. The van der Waals surface area contributed by atoms with Gasteiger partial charge in [-0.05, 0) is 54.8 Å². The number of nitrogens with zero attached hydrogens (tertiary/aromatic N) is 2. The van der Waals surface area contributed by atoms with Crippen molar-refractivity contribution in [2.75, 3.05) is 6.54 Å². The van der Waals surface area contributed by atoms with E-state index in [0.29, 0.717) is 11.4 Å². The highest BCUT2D eigenvalue weighted by molar-refractivity contribution is 6.42. The third kappa shape index (κ3) is 4.43. The molecule has 170 valence electrons. The van der Waals surface area contributed by atoms with Gasteiger partial charge >= 0.3 is 0 Å². The zero-order valence-electron chi connectivity index (χ0n) is 17.5. The molecule has 2 aromatic carbocycles. The third-order valence-corrected chi connectivity index (χ3v) is 6.94. The molecule has 6 nitrogen and oxygen atoms in total. The number of imide groups is 1. The van der Waals surface area contributed by atoms with E-state index in [4.69, 9.17) is 34.8 Å². The number of hydrazine groups is 1. The van der Waals surface area contributed by atoms with Crippen LogP contribution in [-0.4, -0.2) is 40.1 Å². The van der Waals surface area contributed by atoms with Gasteiger partial charge in [-0.25, -0.2) is 5.01 Å². The Bertz CT molecular complexity index is 1180. The van der Waals surface area contributed by atoms with Crippen molar-refractivity contribution < 1.29 is 19.2 Å². The highest BCUT2D eigenvalue weighted by Crippen LogP contribution is 2.39. The van der Waals surface area contributed by atoms with Crippen LogP contribution in [0.2, 0.25) is 15.1 Å². The highest BCUT2D eigenvalue weighted by atomic mass is 35.5.